The third-order valence-electron chi connectivity index (χ3n) is 3.88. The highest BCUT2D eigenvalue weighted by Crippen LogP contribution is 2.26. The van der Waals surface area contributed by atoms with E-state index in [1.54, 1.807) is 0 Å². The van der Waals surface area contributed by atoms with Gasteiger partial charge in [-0.1, -0.05) is 41.0 Å². The van der Waals surface area contributed by atoms with Gasteiger partial charge in [0.15, 0.2) is 0 Å². The van der Waals surface area contributed by atoms with Crippen LogP contribution in [0, 0.1) is 5.41 Å². The van der Waals surface area contributed by atoms with Gasteiger partial charge in [0, 0.05) is 6.54 Å². The second kappa shape index (κ2) is 5.85. The van der Waals surface area contributed by atoms with Crippen molar-refractivity contribution in [3.63, 3.8) is 0 Å². The van der Waals surface area contributed by atoms with Gasteiger partial charge < -0.3 is 4.90 Å². The van der Waals surface area contributed by atoms with Crippen LogP contribution in [0.2, 0.25) is 0 Å². The largest absolute Gasteiger partial charge is 0.325 e. The molecule has 1 fully saturated rings. The molecule has 17 heavy (non-hydrogen) atoms. The summed E-state index contributed by atoms with van der Waals surface area (Å²) in [6.07, 6.45) is 4.42. The lowest BCUT2D eigenvalue weighted by molar-refractivity contribution is -0.131. The molecule has 0 saturated carbocycles. The Morgan fingerprint density at radius 1 is 1.29 bits per heavy atom. The number of nitrogens with one attached hydrogen (secondary N) is 1. The molecule has 2 atom stereocenters. The fraction of sp³-hybridized carbons (Fsp3) is 0.929. The van der Waals surface area contributed by atoms with Crippen LogP contribution in [-0.4, -0.2) is 29.6 Å². The molecule has 1 heterocycles. The number of rotatable bonds is 6. The molecule has 0 aliphatic carbocycles. The number of hydrogen-bond acceptors (Lipinski definition) is 2. The molecule has 1 amide bonds. The zero-order chi connectivity index (χ0) is 13.1. The van der Waals surface area contributed by atoms with E-state index in [-0.39, 0.29) is 17.6 Å². The van der Waals surface area contributed by atoms with Crippen molar-refractivity contribution in [2.24, 2.45) is 5.41 Å². The van der Waals surface area contributed by atoms with Crippen LogP contribution in [0.15, 0.2) is 0 Å². The van der Waals surface area contributed by atoms with E-state index in [0.717, 1.165) is 32.2 Å². The second-order valence-corrected chi connectivity index (χ2v) is 5.92. The summed E-state index contributed by atoms with van der Waals surface area (Å²) in [5.74, 6) is 0.299. The number of carbonyl (C=O) groups excluding carboxylic acids is 1. The lowest BCUT2D eigenvalue weighted by Crippen LogP contribution is -2.42. The van der Waals surface area contributed by atoms with E-state index in [4.69, 9.17) is 0 Å². The van der Waals surface area contributed by atoms with E-state index in [9.17, 15) is 4.79 Å². The van der Waals surface area contributed by atoms with Crippen LogP contribution in [0.25, 0.3) is 0 Å². The lowest BCUT2D eigenvalue weighted by atomic mass is 9.89. The van der Waals surface area contributed by atoms with Crippen molar-refractivity contribution in [2.75, 3.05) is 6.54 Å². The minimum absolute atomic E-state index is 0.0409. The first kappa shape index (κ1) is 14.5. The SMILES string of the molecule is CCCC1NC(CC)C(=O)N1CC(C)(C)CC. The summed E-state index contributed by atoms with van der Waals surface area (Å²) in [5, 5.41) is 3.46. The third kappa shape index (κ3) is 3.44. The van der Waals surface area contributed by atoms with Crippen LogP contribution in [0.1, 0.15) is 60.3 Å². The van der Waals surface area contributed by atoms with E-state index in [1.807, 2.05) is 0 Å². The molecular formula is C14H28N2O. The first-order chi connectivity index (χ1) is 7.95. The molecule has 0 radical (unpaired) electrons. The average molecular weight is 240 g/mol. The van der Waals surface area contributed by atoms with E-state index >= 15 is 0 Å². The van der Waals surface area contributed by atoms with Crippen LogP contribution >= 0.6 is 0 Å². The lowest BCUT2D eigenvalue weighted by Gasteiger charge is -2.32. The van der Waals surface area contributed by atoms with Crippen LogP contribution in [-0.2, 0) is 4.79 Å². The molecule has 1 N–H and O–H groups in total. The van der Waals surface area contributed by atoms with Gasteiger partial charge in [0.25, 0.3) is 0 Å². The fourth-order valence-electron chi connectivity index (χ4n) is 2.31. The van der Waals surface area contributed by atoms with Gasteiger partial charge in [-0.05, 0) is 24.7 Å². The Morgan fingerprint density at radius 2 is 1.94 bits per heavy atom. The van der Waals surface area contributed by atoms with E-state index in [1.165, 1.54) is 0 Å². The van der Waals surface area contributed by atoms with Gasteiger partial charge in [-0.3, -0.25) is 10.1 Å². The minimum Gasteiger partial charge on any atom is -0.325 e. The maximum Gasteiger partial charge on any atom is 0.241 e. The van der Waals surface area contributed by atoms with Crippen LogP contribution in [0.5, 0.6) is 0 Å². The zero-order valence-electron chi connectivity index (χ0n) is 12.0. The normalized spacial score (nSPS) is 25.7. The Morgan fingerprint density at radius 3 is 2.41 bits per heavy atom. The summed E-state index contributed by atoms with van der Waals surface area (Å²) in [5.41, 5.74) is 0.214. The molecule has 3 nitrogen and oxygen atoms in total. The predicted octanol–water partition coefficient (Wildman–Crippen LogP) is 2.76. The van der Waals surface area contributed by atoms with Gasteiger partial charge in [0.2, 0.25) is 5.91 Å². The Balaban J connectivity index is 2.74. The highest BCUT2D eigenvalue weighted by Gasteiger charge is 2.39. The van der Waals surface area contributed by atoms with Gasteiger partial charge in [-0.25, -0.2) is 0 Å². The Hall–Kier alpha value is -0.570. The molecule has 1 rings (SSSR count). The van der Waals surface area contributed by atoms with Crippen molar-refractivity contribution in [1.82, 2.24) is 10.2 Å². The van der Waals surface area contributed by atoms with Gasteiger partial charge in [-0.2, -0.15) is 0 Å². The van der Waals surface area contributed by atoms with E-state index < -0.39 is 0 Å². The quantitative estimate of drug-likeness (QED) is 0.774. The van der Waals surface area contributed by atoms with Crippen LogP contribution in [0.3, 0.4) is 0 Å². The van der Waals surface area contributed by atoms with Gasteiger partial charge in [-0.15, -0.1) is 0 Å². The molecule has 1 saturated heterocycles. The Bertz CT molecular complexity index is 263. The number of amides is 1. The smallest absolute Gasteiger partial charge is 0.241 e. The summed E-state index contributed by atoms with van der Waals surface area (Å²) in [7, 11) is 0. The Labute approximate surface area is 106 Å². The van der Waals surface area contributed by atoms with E-state index in [0.29, 0.717) is 5.91 Å². The molecule has 100 valence electrons. The van der Waals surface area contributed by atoms with Crippen molar-refractivity contribution < 1.29 is 4.79 Å². The Kier molecular flexibility index (Phi) is 4.99. The minimum atomic E-state index is 0.0409. The summed E-state index contributed by atoms with van der Waals surface area (Å²) < 4.78 is 0. The molecular weight excluding hydrogens is 212 g/mol. The van der Waals surface area contributed by atoms with Crippen molar-refractivity contribution in [3.05, 3.63) is 0 Å². The summed E-state index contributed by atoms with van der Waals surface area (Å²) in [4.78, 5) is 14.3. The monoisotopic (exact) mass is 240 g/mol. The van der Waals surface area contributed by atoms with Crippen molar-refractivity contribution in [1.29, 1.82) is 0 Å². The average Bonchev–Trinajstić information content (AvgIpc) is 2.57. The van der Waals surface area contributed by atoms with Crippen molar-refractivity contribution >= 4 is 5.91 Å². The van der Waals surface area contributed by atoms with Crippen molar-refractivity contribution in [2.45, 2.75) is 72.5 Å². The molecule has 0 spiro atoms. The first-order valence-corrected chi connectivity index (χ1v) is 7.01. The zero-order valence-corrected chi connectivity index (χ0v) is 12.0. The standard InChI is InChI=1S/C14H28N2O/c1-6-9-12-15-11(7-2)13(17)16(12)10-14(4,5)8-3/h11-12,15H,6-10H2,1-5H3. The summed E-state index contributed by atoms with van der Waals surface area (Å²) in [6, 6.07) is 0.0409. The molecule has 0 bridgehead atoms. The van der Waals surface area contributed by atoms with Crippen molar-refractivity contribution in [3.8, 4) is 0 Å². The molecule has 0 aromatic heterocycles. The molecule has 1 aliphatic rings. The summed E-state index contributed by atoms with van der Waals surface area (Å²) >= 11 is 0. The molecule has 3 heteroatoms. The van der Waals surface area contributed by atoms with Gasteiger partial charge in [0.05, 0.1) is 12.2 Å². The fourth-order valence-corrected chi connectivity index (χ4v) is 2.31. The van der Waals surface area contributed by atoms with Crippen LogP contribution < -0.4 is 5.32 Å². The number of nitrogens with zero attached hydrogens (tertiary/aromatic N) is 1. The molecule has 0 aromatic rings. The topological polar surface area (TPSA) is 32.3 Å². The van der Waals surface area contributed by atoms with E-state index in [2.05, 4.69) is 44.8 Å². The number of carbonyl (C=O) groups is 1. The van der Waals surface area contributed by atoms with Gasteiger partial charge >= 0.3 is 0 Å². The predicted molar refractivity (Wildman–Crippen MR) is 71.7 cm³/mol. The number of hydrogen-bond donors (Lipinski definition) is 1. The van der Waals surface area contributed by atoms with Gasteiger partial charge in [0.1, 0.15) is 0 Å². The second-order valence-electron chi connectivity index (χ2n) is 5.92. The molecule has 1 aliphatic heterocycles. The molecule has 2 unspecified atom stereocenters. The first-order valence-electron chi connectivity index (χ1n) is 7.01. The van der Waals surface area contributed by atoms with Crippen LogP contribution in [0.4, 0.5) is 0 Å². The highest BCUT2D eigenvalue weighted by molar-refractivity contribution is 5.84. The maximum atomic E-state index is 12.3. The third-order valence-corrected chi connectivity index (χ3v) is 3.88. The highest BCUT2D eigenvalue weighted by atomic mass is 16.2. The molecule has 0 aromatic carbocycles. The maximum absolute atomic E-state index is 12.3. The summed E-state index contributed by atoms with van der Waals surface area (Å²) in [6.45, 7) is 11.8.